The van der Waals surface area contributed by atoms with E-state index in [1.54, 1.807) is 18.9 Å². The number of likely N-dealkylation sites (N-methyl/N-ethyl adjacent to an activating group) is 1. The molecule has 3 atom stereocenters. The largest absolute Gasteiger partial charge is 0.345 e. The maximum atomic E-state index is 11.9. The van der Waals surface area contributed by atoms with Gasteiger partial charge in [0.1, 0.15) is 0 Å². The summed E-state index contributed by atoms with van der Waals surface area (Å²) in [6.45, 7) is 4.37. The molecule has 1 rings (SSSR count). The molecule has 0 bridgehead atoms. The van der Waals surface area contributed by atoms with Crippen LogP contribution < -0.4 is 5.32 Å². The lowest BCUT2D eigenvalue weighted by atomic mass is 10.2. The number of rotatable bonds is 5. The second-order valence-corrected chi connectivity index (χ2v) is 7.41. The summed E-state index contributed by atoms with van der Waals surface area (Å²) in [5, 5.41) is 2.83. The van der Waals surface area contributed by atoms with Gasteiger partial charge < -0.3 is 10.2 Å². The Morgan fingerprint density at radius 3 is 2.56 bits per heavy atom. The highest BCUT2D eigenvalue weighted by Gasteiger charge is 2.36. The van der Waals surface area contributed by atoms with E-state index in [2.05, 4.69) is 5.32 Å². The van der Waals surface area contributed by atoms with Gasteiger partial charge in [-0.3, -0.25) is 4.79 Å². The summed E-state index contributed by atoms with van der Waals surface area (Å²) < 4.78 is 23.3. The van der Waals surface area contributed by atoms with Crippen LogP contribution in [-0.2, 0) is 14.6 Å². The molecule has 0 aromatic heterocycles. The maximum absolute atomic E-state index is 11.9. The zero-order chi connectivity index (χ0) is 13.9. The third-order valence-electron chi connectivity index (χ3n) is 3.69. The predicted octanol–water partition coefficient (Wildman–Crippen LogP) is 0.409. The molecular formula is C12H24N2O3S. The second kappa shape index (κ2) is 6.02. The van der Waals surface area contributed by atoms with Crippen LogP contribution in [0.2, 0.25) is 0 Å². The minimum Gasteiger partial charge on any atom is -0.345 e. The van der Waals surface area contributed by atoms with Gasteiger partial charge in [-0.25, -0.2) is 8.42 Å². The van der Waals surface area contributed by atoms with Crippen molar-refractivity contribution in [3.05, 3.63) is 0 Å². The number of hydrogen-bond acceptors (Lipinski definition) is 4. The number of nitrogens with zero attached hydrogens (tertiary/aromatic N) is 1. The summed E-state index contributed by atoms with van der Waals surface area (Å²) in [7, 11) is -1.28. The fourth-order valence-electron chi connectivity index (χ4n) is 2.51. The van der Waals surface area contributed by atoms with Crippen molar-refractivity contribution in [1.82, 2.24) is 10.2 Å². The molecule has 1 amide bonds. The first-order valence-electron chi connectivity index (χ1n) is 6.47. The quantitative estimate of drug-likeness (QED) is 0.790. The van der Waals surface area contributed by atoms with Crippen LogP contribution in [0.3, 0.4) is 0 Å². The molecule has 1 fully saturated rings. The molecule has 1 aliphatic carbocycles. The molecule has 6 heteroatoms. The molecular weight excluding hydrogens is 252 g/mol. The van der Waals surface area contributed by atoms with Crippen LogP contribution in [0.4, 0.5) is 0 Å². The summed E-state index contributed by atoms with van der Waals surface area (Å²) in [6.07, 6.45) is 3.70. The molecule has 1 aliphatic rings. The van der Waals surface area contributed by atoms with Gasteiger partial charge in [0.15, 0.2) is 9.84 Å². The zero-order valence-electron chi connectivity index (χ0n) is 11.6. The van der Waals surface area contributed by atoms with Crippen LogP contribution in [0.15, 0.2) is 0 Å². The third kappa shape index (κ3) is 3.68. The van der Waals surface area contributed by atoms with Crippen molar-refractivity contribution in [3.63, 3.8) is 0 Å². The lowest BCUT2D eigenvalue weighted by Crippen LogP contribution is -2.50. The predicted molar refractivity (Wildman–Crippen MR) is 72.2 cm³/mol. The van der Waals surface area contributed by atoms with Gasteiger partial charge in [-0.2, -0.15) is 0 Å². The first-order valence-corrected chi connectivity index (χ1v) is 8.42. The van der Waals surface area contributed by atoms with Crippen molar-refractivity contribution in [2.24, 2.45) is 0 Å². The molecule has 18 heavy (non-hydrogen) atoms. The summed E-state index contributed by atoms with van der Waals surface area (Å²) in [5.41, 5.74) is 0. The van der Waals surface area contributed by atoms with Crippen molar-refractivity contribution in [1.29, 1.82) is 0 Å². The van der Waals surface area contributed by atoms with Crippen LogP contribution in [-0.4, -0.2) is 56.4 Å². The van der Waals surface area contributed by atoms with Gasteiger partial charge >= 0.3 is 0 Å². The minimum atomic E-state index is -3.04. The van der Waals surface area contributed by atoms with E-state index in [-0.39, 0.29) is 23.2 Å². The van der Waals surface area contributed by atoms with Gasteiger partial charge in [-0.15, -0.1) is 0 Å². The Kier molecular flexibility index (Phi) is 5.16. The van der Waals surface area contributed by atoms with Gasteiger partial charge in [0.2, 0.25) is 5.91 Å². The monoisotopic (exact) mass is 276 g/mol. The summed E-state index contributed by atoms with van der Waals surface area (Å²) >= 11 is 0. The molecule has 1 N–H and O–H groups in total. The third-order valence-corrected chi connectivity index (χ3v) is 5.35. The van der Waals surface area contributed by atoms with Crippen molar-refractivity contribution >= 4 is 15.7 Å². The molecule has 5 nitrogen and oxygen atoms in total. The number of carbonyl (C=O) groups is 1. The second-order valence-electron chi connectivity index (χ2n) is 5.15. The Morgan fingerprint density at radius 2 is 2.06 bits per heavy atom. The van der Waals surface area contributed by atoms with Crippen LogP contribution >= 0.6 is 0 Å². The zero-order valence-corrected chi connectivity index (χ0v) is 12.5. The van der Waals surface area contributed by atoms with Crippen molar-refractivity contribution in [3.8, 4) is 0 Å². The van der Waals surface area contributed by atoms with E-state index in [9.17, 15) is 13.2 Å². The molecule has 0 aromatic carbocycles. The molecule has 0 saturated heterocycles. The fraction of sp³-hybridized carbons (Fsp3) is 0.917. The maximum Gasteiger partial charge on any atom is 0.239 e. The Bertz CT molecular complexity index is 394. The Morgan fingerprint density at radius 1 is 1.44 bits per heavy atom. The van der Waals surface area contributed by atoms with Crippen LogP contribution in [0.5, 0.6) is 0 Å². The molecule has 0 aromatic rings. The lowest BCUT2D eigenvalue weighted by molar-refractivity contribution is -0.131. The van der Waals surface area contributed by atoms with Crippen molar-refractivity contribution in [2.45, 2.75) is 50.4 Å². The SMILES string of the molecule is CCN(C)C(=O)C(C)NC1CCCC1S(C)(=O)=O. The highest BCUT2D eigenvalue weighted by Crippen LogP contribution is 2.25. The first-order chi connectivity index (χ1) is 8.27. The highest BCUT2D eigenvalue weighted by molar-refractivity contribution is 7.91. The average molecular weight is 276 g/mol. The molecule has 1 saturated carbocycles. The average Bonchev–Trinajstić information content (AvgIpc) is 2.74. The number of sulfone groups is 1. The number of amides is 1. The van der Waals surface area contributed by atoms with E-state index in [0.29, 0.717) is 13.0 Å². The topological polar surface area (TPSA) is 66.5 Å². The van der Waals surface area contributed by atoms with Crippen LogP contribution in [0.1, 0.15) is 33.1 Å². The summed E-state index contributed by atoms with van der Waals surface area (Å²) in [4.78, 5) is 13.6. The number of carbonyl (C=O) groups excluding carboxylic acids is 1. The highest BCUT2D eigenvalue weighted by atomic mass is 32.2. The van der Waals surface area contributed by atoms with E-state index in [1.807, 2.05) is 6.92 Å². The van der Waals surface area contributed by atoms with E-state index >= 15 is 0 Å². The van der Waals surface area contributed by atoms with Crippen molar-refractivity contribution < 1.29 is 13.2 Å². The molecule has 0 heterocycles. The van der Waals surface area contributed by atoms with Gasteiger partial charge in [-0.05, 0) is 26.7 Å². The van der Waals surface area contributed by atoms with E-state index in [0.717, 1.165) is 12.8 Å². The van der Waals surface area contributed by atoms with Crippen LogP contribution in [0.25, 0.3) is 0 Å². The normalized spacial score (nSPS) is 26.0. The fourth-order valence-corrected chi connectivity index (χ4v) is 3.91. The molecule has 0 aliphatic heterocycles. The van der Waals surface area contributed by atoms with Crippen LogP contribution in [0, 0.1) is 0 Å². The minimum absolute atomic E-state index is 0.0108. The Hall–Kier alpha value is -0.620. The van der Waals surface area contributed by atoms with Gasteiger partial charge in [-0.1, -0.05) is 6.42 Å². The first kappa shape index (κ1) is 15.4. The summed E-state index contributed by atoms with van der Waals surface area (Å²) in [5.74, 6) is 0.0108. The van der Waals surface area contributed by atoms with E-state index < -0.39 is 9.84 Å². The Labute approximate surface area is 110 Å². The van der Waals surface area contributed by atoms with Gasteiger partial charge in [0.25, 0.3) is 0 Å². The molecule has 106 valence electrons. The molecule has 3 unspecified atom stereocenters. The van der Waals surface area contributed by atoms with E-state index in [4.69, 9.17) is 0 Å². The Balaban J connectivity index is 2.64. The molecule has 0 spiro atoms. The smallest absolute Gasteiger partial charge is 0.239 e. The number of nitrogens with one attached hydrogen (secondary N) is 1. The van der Waals surface area contributed by atoms with Crippen molar-refractivity contribution in [2.75, 3.05) is 19.8 Å². The lowest BCUT2D eigenvalue weighted by Gasteiger charge is -2.26. The molecule has 0 radical (unpaired) electrons. The standard InChI is InChI=1S/C12H24N2O3S/c1-5-14(3)12(15)9(2)13-10-7-6-8-11(10)18(4,16)17/h9-11,13H,5-8H2,1-4H3. The van der Waals surface area contributed by atoms with Gasteiger partial charge in [0.05, 0.1) is 11.3 Å². The number of hydrogen-bond donors (Lipinski definition) is 1. The van der Waals surface area contributed by atoms with Gasteiger partial charge in [0, 0.05) is 25.9 Å². The van der Waals surface area contributed by atoms with E-state index in [1.165, 1.54) is 6.26 Å². The summed E-state index contributed by atoms with van der Waals surface area (Å²) in [6, 6.07) is -0.425.